The number of amides is 3. The van der Waals surface area contributed by atoms with Gasteiger partial charge in [-0.3, -0.25) is 28.1 Å². The van der Waals surface area contributed by atoms with E-state index >= 15 is 0 Å². The smallest absolute Gasteiger partial charge is 0.296 e. The van der Waals surface area contributed by atoms with Gasteiger partial charge in [0.15, 0.2) is 0 Å². The molecule has 2 aliphatic rings. The highest BCUT2D eigenvalue weighted by Crippen LogP contribution is 2.31. The van der Waals surface area contributed by atoms with Crippen LogP contribution in [0.4, 0.5) is 0 Å². The molecule has 0 saturated carbocycles. The molecule has 0 bridgehead atoms. The van der Waals surface area contributed by atoms with Gasteiger partial charge in [0.25, 0.3) is 16.0 Å². The van der Waals surface area contributed by atoms with Crippen molar-refractivity contribution in [3.8, 4) is 0 Å². The first-order valence-electron chi connectivity index (χ1n) is 12.8. The molecule has 1 saturated heterocycles. The van der Waals surface area contributed by atoms with Gasteiger partial charge in [-0.05, 0) is 50.5 Å². The van der Waals surface area contributed by atoms with Crippen molar-refractivity contribution in [1.82, 2.24) is 10.2 Å². The summed E-state index contributed by atoms with van der Waals surface area (Å²) in [5, 5.41) is 2.29. The average Bonchev–Trinajstić information content (AvgIpc) is 3.22. The first-order chi connectivity index (χ1) is 18.2. The van der Waals surface area contributed by atoms with Gasteiger partial charge in [0.2, 0.25) is 11.8 Å². The van der Waals surface area contributed by atoms with Crippen LogP contribution in [0.1, 0.15) is 66.4 Å². The minimum absolute atomic E-state index is 0.121. The van der Waals surface area contributed by atoms with Crippen molar-refractivity contribution >= 4 is 38.6 Å². The van der Waals surface area contributed by atoms with Crippen LogP contribution in [-0.2, 0) is 41.2 Å². The van der Waals surface area contributed by atoms with Crippen LogP contribution in [0, 0.1) is 6.92 Å². The van der Waals surface area contributed by atoms with E-state index in [0.717, 1.165) is 31.2 Å². The SMILES string of the molecule is Cc1ccc(S(=O)(=O)OCCCCCCCS(=O)c2cccc3c2CN(C2CCC(=O)NC2=O)C3=O)cc1. The molecule has 9 nitrogen and oxygen atoms in total. The molecular weight excluding hydrogens is 528 g/mol. The summed E-state index contributed by atoms with van der Waals surface area (Å²) in [4.78, 5) is 38.9. The maximum Gasteiger partial charge on any atom is 0.296 e. The van der Waals surface area contributed by atoms with Crippen molar-refractivity contribution in [2.75, 3.05) is 12.4 Å². The number of piperidine rings is 1. The Bertz CT molecular complexity index is 1340. The first kappa shape index (κ1) is 28.1. The third-order valence-electron chi connectivity index (χ3n) is 6.81. The highest BCUT2D eigenvalue weighted by atomic mass is 32.2. The molecule has 2 aromatic carbocycles. The third kappa shape index (κ3) is 6.57. The molecule has 3 amide bonds. The summed E-state index contributed by atoms with van der Waals surface area (Å²) in [6.07, 6.45) is 4.30. The monoisotopic (exact) mass is 560 g/mol. The molecule has 2 atom stereocenters. The van der Waals surface area contributed by atoms with Gasteiger partial charge in [-0.2, -0.15) is 8.42 Å². The van der Waals surface area contributed by atoms with E-state index in [9.17, 15) is 27.0 Å². The Morgan fingerprint density at radius 2 is 1.71 bits per heavy atom. The van der Waals surface area contributed by atoms with Crippen LogP contribution in [0.25, 0.3) is 0 Å². The van der Waals surface area contributed by atoms with Gasteiger partial charge in [-0.15, -0.1) is 0 Å². The molecule has 2 aromatic rings. The number of aryl methyl sites for hydroxylation is 1. The summed E-state index contributed by atoms with van der Waals surface area (Å²) in [6, 6.07) is 11.0. The molecule has 0 aromatic heterocycles. The Labute approximate surface area is 225 Å². The number of nitrogens with zero attached hydrogens (tertiary/aromatic N) is 1. The number of hydrogen-bond donors (Lipinski definition) is 1. The molecule has 0 radical (unpaired) electrons. The summed E-state index contributed by atoms with van der Waals surface area (Å²) in [5.74, 6) is -0.637. The lowest BCUT2D eigenvalue weighted by molar-refractivity contribution is -0.136. The second-order valence-electron chi connectivity index (χ2n) is 9.59. The highest BCUT2D eigenvalue weighted by molar-refractivity contribution is 7.86. The van der Waals surface area contributed by atoms with E-state index in [0.29, 0.717) is 28.2 Å². The Hall–Kier alpha value is -2.89. The van der Waals surface area contributed by atoms with E-state index < -0.39 is 32.9 Å². The molecule has 2 heterocycles. The van der Waals surface area contributed by atoms with Crippen LogP contribution >= 0.6 is 0 Å². The number of benzene rings is 2. The lowest BCUT2D eigenvalue weighted by atomic mass is 10.0. The maximum absolute atomic E-state index is 13.1. The Kier molecular flexibility index (Phi) is 9.11. The van der Waals surface area contributed by atoms with Gasteiger partial charge in [0.1, 0.15) is 6.04 Å². The molecule has 2 aliphatic heterocycles. The molecule has 4 rings (SSSR count). The predicted octanol–water partition coefficient (Wildman–Crippen LogP) is 3.22. The number of imide groups is 1. The van der Waals surface area contributed by atoms with E-state index in [1.165, 1.54) is 17.0 Å². The maximum atomic E-state index is 13.1. The van der Waals surface area contributed by atoms with Crippen molar-refractivity contribution in [2.24, 2.45) is 0 Å². The molecular formula is C27H32N2O7S2. The molecule has 38 heavy (non-hydrogen) atoms. The molecule has 2 unspecified atom stereocenters. The van der Waals surface area contributed by atoms with Gasteiger partial charge in [-0.1, -0.05) is 43.0 Å². The summed E-state index contributed by atoms with van der Waals surface area (Å²) in [5.41, 5.74) is 2.12. The summed E-state index contributed by atoms with van der Waals surface area (Å²) >= 11 is 0. The van der Waals surface area contributed by atoms with Gasteiger partial charge in [0.05, 0.1) is 22.3 Å². The summed E-state index contributed by atoms with van der Waals surface area (Å²) in [6.45, 7) is 2.21. The molecule has 1 N–H and O–H groups in total. The van der Waals surface area contributed by atoms with Crippen molar-refractivity contribution in [2.45, 2.75) is 74.2 Å². The van der Waals surface area contributed by atoms with Crippen molar-refractivity contribution in [3.63, 3.8) is 0 Å². The predicted molar refractivity (Wildman–Crippen MR) is 141 cm³/mol. The highest BCUT2D eigenvalue weighted by Gasteiger charge is 2.40. The number of carbonyl (C=O) groups is 3. The Morgan fingerprint density at radius 3 is 2.45 bits per heavy atom. The minimum atomic E-state index is -3.75. The average molecular weight is 561 g/mol. The Balaban J connectivity index is 1.20. The largest absolute Gasteiger partial charge is 0.322 e. The fourth-order valence-corrected chi connectivity index (χ4v) is 7.00. The van der Waals surface area contributed by atoms with E-state index in [-0.39, 0.29) is 42.7 Å². The van der Waals surface area contributed by atoms with Crippen LogP contribution in [0.5, 0.6) is 0 Å². The number of unbranched alkanes of at least 4 members (excludes halogenated alkanes) is 4. The lowest BCUT2D eigenvalue weighted by Crippen LogP contribution is -2.52. The fourth-order valence-electron chi connectivity index (χ4n) is 4.69. The van der Waals surface area contributed by atoms with Gasteiger partial charge >= 0.3 is 0 Å². The number of rotatable bonds is 12. The van der Waals surface area contributed by atoms with Crippen molar-refractivity contribution < 1.29 is 31.2 Å². The van der Waals surface area contributed by atoms with Gasteiger partial charge in [0, 0.05) is 34.7 Å². The standard InChI is InChI=1S/C27H32N2O7S2/c1-19-10-12-20(13-11-19)38(34,35)36-16-5-3-2-4-6-17-37(33)24-9-7-8-21-22(24)18-29(27(21)32)23-14-15-25(30)28-26(23)31/h7-13,23H,2-6,14-18H2,1H3,(H,28,30,31). The minimum Gasteiger partial charge on any atom is -0.322 e. The summed E-state index contributed by atoms with van der Waals surface area (Å²) < 4.78 is 42.6. The first-order valence-corrected chi connectivity index (χ1v) is 15.5. The van der Waals surface area contributed by atoms with Gasteiger partial charge < -0.3 is 4.90 Å². The quantitative estimate of drug-likeness (QED) is 0.240. The Morgan fingerprint density at radius 1 is 1.00 bits per heavy atom. The number of fused-ring (bicyclic) bond motifs is 1. The van der Waals surface area contributed by atoms with E-state index in [1.54, 1.807) is 30.3 Å². The van der Waals surface area contributed by atoms with Crippen molar-refractivity contribution in [3.05, 3.63) is 59.2 Å². The molecule has 204 valence electrons. The normalized spacial score (nSPS) is 18.4. The third-order valence-corrected chi connectivity index (χ3v) is 9.67. The zero-order valence-electron chi connectivity index (χ0n) is 21.3. The van der Waals surface area contributed by atoms with Crippen LogP contribution in [0.3, 0.4) is 0 Å². The van der Waals surface area contributed by atoms with E-state index in [4.69, 9.17) is 4.18 Å². The van der Waals surface area contributed by atoms with Crippen LogP contribution < -0.4 is 5.32 Å². The second-order valence-corrected chi connectivity index (χ2v) is 12.7. The van der Waals surface area contributed by atoms with Crippen molar-refractivity contribution in [1.29, 1.82) is 0 Å². The lowest BCUT2D eigenvalue weighted by Gasteiger charge is -2.29. The number of hydrogen-bond acceptors (Lipinski definition) is 7. The molecule has 1 fully saturated rings. The molecule has 0 spiro atoms. The zero-order chi connectivity index (χ0) is 27.3. The fraction of sp³-hybridized carbons (Fsp3) is 0.444. The molecule has 0 aliphatic carbocycles. The zero-order valence-corrected chi connectivity index (χ0v) is 22.9. The van der Waals surface area contributed by atoms with Crippen LogP contribution in [0.2, 0.25) is 0 Å². The molecule has 11 heteroatoms. The van der Waals surface area contributed by atoms with Crippen LogP contribution in [0.15, 0.2) is 52.3 Å². The summed E-state index contributed by atoms with van der Waals surface area (Å²) in [7, 11) is -5.04. The van der Waals surface area contributed by atoms with E-state index in [2.05, 4.69) is 5.32 Å². The van der Waals surface area contributed by atoms with Gasteiger partial charge in [-0.25, -0.2) is 0 Å². The van der Waals surface area contributed by atoms with Crippen LogP contribution in [-0.4, -0.2) is 53.6 Å². The topological polar surface area (TPSA) is 127 Å². The number of nitrogens with one attached hydrogen (secondary N) is 1. The second kappa shape index (κ2) is 12.3. The number of carbonyl (C=O) groups excluding carboxylic acids is 3. The van der Waals surface area contributed by atoms with E-state index in [1.807, 2.05) is 6.92 Å².